The van der Waals surface area contributed by atoms with Gasteiger partial charge >= 0.3 is 0 Å². The molecule has 1 heterocycles. The van der Waals surface area contributed by atoms with Crippen molar-refractivity contribution in [3.05, 3.63) is 18.5 Å². The molecule has 5 heteroatoms. The zero-order valence-corrected chi connectivity index (χ0v) is 8.60. The highest BCUT2D eigenvalue weighted by Gasteiger charge is 2.26. The molecule has 0 saturated heterocycles. The van der Waals surface area contributed by atoms with Crippen LogP contribution in [0.5, 0.6) is 0 Å². The maximum Gasteiger partial charge on any atom is 0.222 e. The topological polar surface area (TPSA) is 72.9 Å². The lowest BCUT2D eigenvalue weighted by atomic mass is 9.87. The van der Waals surface area contributed by atoms with Gasteiger partial charge in [-0.15, -0.1) is 0 Å². The predicted molar refractivity (Wildman–Crippen MR) is 56.0 cm³/mol. The maximum absolute atomic E-state index is 11.5. The molecule has 5 nitrogen and oxygen atoms in total. The zero-order chi connectivity index (χ0) is 10.7. The summed E-state index contributed by atoms with van der Waals surface area (Å²) in [7, 11) is 0. The van der Waals surface area contributed by atoms with Crippen molar-refractivity contribution >= 4 is 5.91 Å². The molecule has 1 aliphatic rings. The van der Waals surface area contributed by atoms with Gasteiger partial charge < -0.3 is 11.1 Å². The highest BCUT2D eigenvalue weighted by molar-refractivity contribution is 5.76. The van der Waals surface area contributed by atoms with E-state index in [0.717, 1.165) is 12.8 Å². The van der Waals surface area contributed by atoms with Crippen molar-refractivity contribution in [1.82, 2.24) is 15.1 Å². The Morgan fingerprint density at radius 1 is 1.60 bits per heavy atom. The molecule has 1 fully saturated rings. The Morgan fingerprint density at radius 2 is 2.40 bits per heavy atom. The number of nitrogens with two attached hydrogens (primary N) is 1. The molecule has 0 atom stereocenters. The molecular formula is C10H16N4O. The van der Waals surface area contributed by atoms with Gasteiger partial charge in [-0.25, -0.2) is 0 Å². The number of aryl methyl sites for hydroxylation is 1. The molecule has 1 amide bonds. The molecule has 1 aliphatic carbocycles. The molecule has 0 aliphatic heterocycles. The molecular weight excluding hydrogens is 192 g/mol. The van der Waals surface area contributed by atoms with Crippen molar-refractivity contribution in [2.24, 2.45) is 5.73 Å². The molecule has 1 aromatic heterocycles. The fourth-order valence-corrected chi connectivity index (χ4v) is 1.73. The van der Waals surface area contributed by atoms with Crippen molar-refractivity contribution in [3.8, 4) is 0 Å². The summed E-state index contributed by atoms with van der Waals surface area (Å²) in [5.41, 5.74) is 5.63. The summed E-state index contributed by atoms with van der Waals surface area (Å²) >= 11 is 0. The first-order chi connectivity index (χ1) is 7.24. The lowest BCUT2D eigenvalue weighted by molar-refractivity contribution is -0.122. The van der Waals surface area contributed by atoms with Gasteiger partial charge in [0.1, 0.15) is 0 Å². The van der Waals surface area contributed by atoms with Crippen molar-refractivity contribution in [2.45, 2.75) is 37.9 Å². The molecule has 2 rings (SSSR count). The summed E-state index contributed by atoms with van der Waals surface area (Å²) in [6.45, 7) is 0.637. The van der Waals surface area contributed by atoms with Gasteiger partial charge in [-0.05, 0) is 18.9 Å². The maximum atomic E-state index is 11.5. The van der Waals surface area contributed by atoms with Gasteiger partial charge in [0.05, 0.1) is 0 Å². The average Bonchev–Trinajstić information content (AvgIpc) is 2.65. The minimum atomic E-state index is 0.0856. The average molecular weight is 208 g/mol. The Hall–Kier alpha value is -1.36. The Balaban J connectivity index is 1.65. The summed E-state index contributed by atoms with van der Waals surface area (Å²) in [5.74, 6) is 0.0856. The second-order valence-corrected chi connectivity index (χ2v) is 4.02. The van der Waals surface area contributed by atoms with Crippen LogP contribution in [-0.2, 0) is 11.3 Å². The highest BCUT2D eigenvalue weighted by atomic mass is 16.1. The summed E-state index contributed by atoms with van der Waals surface area (Å²) < 4.78 is 1.76. The molecule has 0 radical (unpaired) electrons. The normalized spacial score (nSPS) is 24.6. The number of rotatable bonds is 4. The van der Waals surface area contributed by atoms with Gasteiger partial charge in [0.2, 0.25) is 5.91 Å². The van der Waals surface area contributed by atoms with Gasteiger partial charge in [-0.1, -0.05) is 0 Å². The van der Waals surface area contributed by atoms with Crippen LogP contribution < -0.4 is 11.1 Å². The fraction of sp³-hybridized carbons (Fsp3) is 0.600. The summed E-state index contributed by atoms with van der Waals surface area (Å²) in [6.07, 6.45) is 5.86. The number of aromatic nitrogens is 2. The quantitative estimate of drug-likeness (QED) is 0.724. The SMILES string of the molecule is NC1CC(NC(=O)CCn2cccn2)C1. The van der Waals surface area contributed by atoms with E-state index in [9.17, 15) is 4.79 Å². The van der Waals surface area contributed by atoms with E-state index in [0.29, 0.717) is 19.0 Å². The fourth-order valence-electron chi connectivity index (χ4n) is 1.73. The monoisotopic (exact) mass is 208 g/mol. The van der Waals surface area contributed by atoms with Gasteiger partial charge in [0.25, 0.3) is 0 Å². The van der Waals surface area contributed by atoms with Crippen molar-refractivity contribution in [1.29, 1.82) is 0 Å². The molecule has 1 saturated carbocycles. The summed E-state index contributed by atoms with van der Waals surface area (Å²) in [4.78, 5) is 11.5. The van der Waals surface area contributed by atoms with Crippen LogP contribution in [0.4, 0.5) is 0 Å². The zero-order valence-electron chi connectivity index (χ0n) is 8.60. The smallest absolute Gasteiger partial charge is 0.222 e. The van der Waals surface area contributed by atoms with Crippen LogP contribution in [0.2, 0.25) is 0 Å². The Labute approximate surface area is 88.6 Å². The van der Waals surface area contributed by atoms with E-state index in [1.54, 1.807) is 10.9 Å². The predicted octanol–water partition coefficient (Wildman–Crippen LogP) is -0.121. The van der Waals surface area contributed by atoms with E-state index in [1.165, 1.54) is 0 Å². The minimum absolute atomic E-state index is 0.0856. The van der Waals surface area contributed by atoms with Crippen LogP contribution in [0, 0.1) is 0 Å². The number of nitrogens with one attached hydrogen (secondary N) is 1. The van der Waals surface area contributed by atoms with Gasteiger partial charge in [0, 0.05) is 37.4 Å². The number of carbonyl (C=O) groups excluding carboxylic acids is 1. The van der Waals surface area contributed by atoms with E-state index in [1.807, 2.05) is 12.3 Å². The highest BCUT2D eigenvalue weighted by Crippen LogP contribution is 2.17. The van der Waals surface area contributed by atoms with E-state index < -0.39 is 0 Å². The molecule has 0 spiro atoms. The third kappa shape index (κ3) is 2.79. The standard InChI is InChI=1S/C10H16N4O/c11-8-6-9(7-8)13-10(15)2-5-14-4-1-3-12-14/h1,3-4,8-9H,2,5-7,11H2,(H,13,15). The van der Waals surface area contributed by atoms with E-state index >= 15 is 0 Å². The Morgan fingerprint density at radius 3 is 3.00 bits per heavy atom. The molecule has 15 heavy (non-hydrogen) atoms. The molecule has 0 unspecified atom stereocenters. The molecule has 0 bridgehead atoms. The van der Waals surface area contributed by atoms with Crippen LogP contribution in [0.15, 0.2) is 18.5 Å². The van der Waals surface area contributed by atoms with Crippen molar-refractivity contribution < 1.29 is 4.79 Å². The first kappa shape index (κ1) is 10.2. The molecule has 82 valence electrons. The number of hydrogen-bond acceptors (Lipinski definition) is 3. The summed E-state index contributed by atoms with van der Waals surface area (Å²) in [5, 5.41) is 6.98. The van der Waals surface area contributed by atoms with Crippen LogP contribution in [0.3, 0.4) is 0 Å². The van der Waals surface area contributed by atoms with Crippen LogP contribution in [0.1, 0.15) is 19.3 Å². The first-order valence-electron chi connectivity index (χ1n) is 5.26. The third-order valence-electron chi connectivity index (χ3n) is 2.67. The molecule has 0 aromatic carbocycles. The van der Waals surface area contributed by atoms with Crippen LogP contribution in [0.25, 0.3) is 0 Å². The van der Waals surface area contributed by atoms with E-state index in [-0.39, 0.29) is 11.9 Å². The van der Waals surface area contributed by atoms with Gasteiger partial charge in [0.15, 0.2) is 0 Å². The number of nitrogens with zero attached hydrogens (tertiary/aromatic N) is 2. The first-order valence-corrected chi connectivity index (χ1v) is 5.26. The van der Waals surface area contributed by atoms with E-state index in [4.69, 9.17) is 5.73 Å². The van der Waals surface area contributed by atoms with Crippen molar-refractivity contribution in [3.63, 3.8) is 0 Å². The minimum Gasteiger partial charge on any atom is -0.353 e. The Bertz CT molecular complexity index is 316. The van der Waals surface area contributed by atoms with Crippen LogP contribution >= 0.6 is 0 Å². The van der Waals surface area contributed by atoms with Gasteiger partial charge in [-0.3, -0.25) is 9.48 Å². The molecule has 3 N–H and O–H groups in total. The number of carbonyl (C=O) groups is 1. The van der Waals surface area contributed by atoms with Crippen LogP contribution in [-0.4, -0.2) is 27.8 Å². The molecule has 1 aromatic rings. The second kappa shape index (κ2) is 4.44. The van der Waals surface area contributed by atoms with Gasteiger partial charge in [-0.2, -0.15) is 5.10 Å². The lowest BCUT2D eigenvalue weighted by Crippen LogP contribution is -2.50. The second-order valence-electron chi connectivity index (χ2n) is 4.02. The summed E-state index contributed by atoms with van der Waals surface area (Å²) in [6, 6.07) is 2.43. The lowest BCUT2D eigenvalue weighted by Gasteiger charge is -2.32. The van der Waals surface area contributed by atoms with Crippen molar-refractivity contribution in [2.75, 3.05) is 0 Å². The largest absolute Gasteiger partial charge is 0.353 e. The Kier molecular flexibility index (Phi) is 3.01. The van der Waals surface area contributed by atoms with E-state index in [2.05, 4.69) is 10.4 Å². The number of amides is 1. The third-order valence-corrected chi connectivity index (χ3v) is 2.67. The number of hydrogen-bond donors (Lipinski definition) is 2.